The SMILES string of the molecule is O=[Si](O)O.[AlH3].[Cr]. The topological polar surface area (TPSA) is 57.5 Å². The van der Waals surface area contributed by atoms with E-state index in [9.17, 15) is 0 Å². The largest absolute Gasteiger partial charge is 0.761 e. The molecule has 0 fully saturated rings. The van der Waals surface area contributed by atoms with Crippen molar-refractivity contribution in [1.82, 2.24) is 0 Å². The van der Waals surface area contributed by atoms with E-state index >= 15 is 0 Å². The second-order valence-electron chi connectivity index (χ2n) is 0.283. The van der Waals surface area contributed by atoms with Crippen LogP contribution in [0, 0.1) is 0 Å². The zero-order valence-electron chi connectivity index (χ0n) is 2.21. The molecule has 0 spiro atoms. The molecule has 0 aliphatic rings. The molecule has 0 aliphatic carbocycles. The van der Waals surface area contributed by atoms with Gasteiger partial charge in [0, 0.05) is 17.4 Å². The van der Waals surface area contributed by atoms with Crippen LogP contribution in [0.25, 0.3) is 0 Å². The fraction of sp³-hybridized carbons (Fsp3) is 0. The molecule has 0 atom stereocenters. The van der Waals surface area contributed by atoms with Crippen LogP contribution in [0.2, 0.25) is 0 Å². The summed E-state index contributed by atoms with van der Waals surface area (Å²) >= 11 is 0. The Morgan fingerprint density at radius 2 is 1.33 bits per heavy atom. The van der Waals surface area contributed by atoms with E-state index in [0.29, 0.717) is 0 Å². The van der Waals surface area contributed by atoms with Crippen molar-refractivity contribution in [3.63, 3.8) is 0 Å². The number of rotatable bonds is 0. The maximum atomic E-state index is 8.74. The van der Waals surface area contributed by atoms with Crippen LogP contribution in [-0.2, 0) is 21.8 Å². The van der Waals surface area contributed by atoms with Crippen LogP contribution < -0.4 is 0 Å². The Balaban J connectivity index is -0.0000000450. The molecule has 0 aliphatic heterocycles. The minimum Gasteiger partial charge on any atom is -0.511 e. The first-order valence-corrected chi connectivity index (χ1v) is 1.95. The molecule has 0 heterocycles. The maximum absolute atomic E-state index is 8.74. The minimum atomic E-state index is -3.13. The van der Waals surface area contributed by atoms with E-state index in [-0.39, 0.29) is 34.7 Å². The zero-order chi connectivity index (χ0) is 3.58. The molecule has 2 N–H and O–H groups in total. The molecule has 3 nitrogen and oxygen atoms in total. The molecule has 0 unspecified atom stereocenters. The molecule has 36 valence electrons. The molecule has 0 aromatic heterocycles. The van der Waals surface area contributed by atoms with Crippen molar-refractivity contribution in [1.29, 1.82) is 0 Å². The summed E-state index contributed by atoms with van der Waals surface area (Å²) in [4.78, 5) is 14.3. The Hall–Kier alpha value is 0.682. The van der Waals surface area contributed by atoms with Crippen LogP contribution in [-0.4, -0.2) is 36.1 Å². The van der Waals surface area contributed by atoms with Gasteiger partial charge in [0.2, 0.25) is 0 Å². The average Bonchev–Trinajstić information content (AvgIpc) is 0.811. The third-order valence-electron chi connectivity index (χ3n) is 0. The third kappa shape index (κ3) is 137. The molecule has 0 rings (SSSR count). The Kier molecular flexibility index (Phi) is 24.4. The first kappa shape index (κ1) is 15.9. The fourth-order valence-electron chi connectivity index (χ4n) is 0. The van der Waals surface area contributed by atoms with Gasteiger partial charge in [-0.1, -0.05) is 0 Å². The number of hydrogen-bond donors (Lipinski definition) is 2. The van der Waals surface area contributed by atoms with Crippen molar-refractivity contribution in [3.05, 3.63) is 0 Å². The molecular weight excluding hydrogens is 155 g/mol. The molecule has 6 heavy (non-hydrogen) atoms. The van der Waals surface area contributed by atoms with E-state index in [1.165, 1.54) is 0 Å². The van der Waals surface area contributed by atoms with Gasteiger partial charge in [-0.05, 0) is 0 Å². The fourth-order valence-corrected chi connectivity index (χ4v) is 0. The zero-order valence-corrected chi connectivity index (χ0v) is 4.49. The summed E-state index contributed by atoms with van der Waals surface area (Å²) in [5, 5.41) is 0. The van der Waals surface area contributed by atoms with E-state index < -0.39 is 9.17 Å². The van der Waals surface area contributed by atoms with Crippen molar-refractivity contribution in [3.8, 4) is 0 Å². The van der Waals surface area contributed by atoms with Gasteiger partial charge in [0.05, 0.1) is 0 Å². The summed E-state index contributed by atoms with van der Waals surface area (Å²) in [6, 6.07) is 0. The normalized spacial score (nSPS) is 4.00. The molecule has 0 bridgehead atoms. The maximum Gasteiger partial charge on any atom is 0.761 e. The molecule has 0 radical (unpaired) electrons. The van der Waals surface area contributed by atoms with Gasteiger partial charge in [-0.2, -0.15) is 0 Å². The summed E-state index contributed by atoms with van der Waals surface area (Å²) in [5.41, 5.74) is 0. The van der Waals surface area contributed by atoms with Crippen LogP contribution in [0.4, 0.5) is 0 Å². The van der Waals surface area contributed by atoms with Crippen molar-refractivity contribution >= 4 is 26.5 Å². The first-order valence-electron chi connectivity index (χ1n) is 0.651. The van der Waals surface area contributed by atoms with E-state index in [2.05, 4.69) is 0 Å². The first-order chi connectivity index (χ1) is 1.73. The van der Waals surface area contributed by atoms with Gasteiger partial charge in [-0.15, -0.1) is 0 Å². The molecule has 0 saturated carbocycles. The summed E-state index contributed by atoms with van der Waals surface area (Å²) in [6.07, 6.45) is 0. The second kappa shape index (κ2) is 9.19. The van der Waals surface area contributed by atoms with Gasteiger partial charge in [0.25, 0.3) is 0 Å². The monoisotopic (exact) mass is 160 g/mol. The van der Waals surface area contributed by atoms with E-state index in [1.54, 1.807) is 0 Å². The van der Waals surface area contributed by atoms with Gasteiger partial charge in [0.1, 0.15) is 0 Å². The van der Waals surface area contributed by atoms with E-state index in [0.717, 1.165) is 0 Å². The molecule has 0 amide bonds. The van der Waals surface area contributed by atoms with Gasteiger partial charge >= 0.3 is 9.17 Å². The van der Waals surface area contributed by atoms with Crippen molar-refractivity contribution < 1.29 is 31.4 Å². The average molecular weight is 160 g/mol. The molecule has 6 heteroatoms. The van der Waals surface area contributed by atoms with E-state index in [1.807, 2.05) is 0 Å². The number of hydrogen-bond acceptors (Lipinski definition) is 1. The Labute approximate surface area is 58.2 Å². The summed E-state index contributed by atoms with van der Waals surface area (Å²) in [5.74, 6) is 0. The van der Waals surface area contributed by atoms with E-state index in [4.69, 9.17) is 14.1 Å². The predicted octanol–water partition coefficient (Wildman–Crippen LogP) is -2.80. The predicted molar refractivity (Wildman–Crippen MR) is 20.8 cm³/mol. The molecule has 0 aromatic rings. The van der Waals surface area contributed by atoms with Crippen molar-refractivity contribution in [2.75, 3.05) is 0 Å². The summed E-state index contributed by atoms with van der Waals surface area (Å²) in [6.45, 7) is 0. The standard InChI is InChI=1S/Al.Cr.H2O3Si.3H/c;;1-4(2)3;;;/h;;1-2H;;;. The minimum absolute atomic E-state index is 0. The molecule has 0 aromatic carbocycles. The van der Waals surface area contributed by atoms with Crippen molar-refractivity contribution in [2.45, 2.75) is 0 Å². The van der Waals surface area contributed by atoms with Gasteiger partial charge in [0.15, 0.2) is 17.4 Å². The molecule has 0 saturated heterocycles. The van der Waals surface area contributed by atoms with Crippen LogP contribution in [0.5, 0.6) is 0 Å². The van der Waals surface area contributed by atoms with Crippen LogP contribution in [0.1, 0.15) is 0 Å². The molecular formula is H5AlCrO3Si. The Morgan fingerprint density at radius 3 is 1.33 bits per heavy atom. The Morgan fingerprint density at radius 1 is 1.33 bits per heavy atom. The second-order valence-corrected chi connectivity index (χ2v) is 0.848. The Bertz CT molecular complexity index is 33.8. The van der Waals surface area contributed by atoms with Gasteiger partial charge in [-0.3, -0.25) is 4.46 Å². The van der Waals surface area contributed by atoms with Crippen LogP contribution in [0.15, 0.2) is 0 Å². The quantitative estimate of drug-likeness (QED) is 0.376. The van der Waals surface area contributed by atoms with Gasteiger partial charge < -0.3 is 9.59 Å². The van der Waals surface area contributed by atoms with Gasteiger partial charge in [-0.25, -0.2) is 0 Å². The van der Waals surface area contributed by atoms with Crippen LogP contribution in [0.3, 0.4) is 0 Å². The summed E-state index contributed by atoms with van der Waals surface area (Å²) in [7, 11) is -3.13. The third-order valence-corrected chi connectivity index (χ3v) is 0. The smallest absolute Gasteiger partial charge is 0.511 e. The summed E-state index contributed by atoms with van der Waals surface area (Å²) < 4.78 is 8.74. The van der Waals surface area contributed by atoms with Crippen molar-refractivity contribution in [2.24, 2.45) is 0 Å². The van der Waals surface area contributed by atoms with Crippen LogP contribution >= 0.6 is 0 Å².